The minimum atomic E-state index is -0.383. The van der Waals surface area contributed by atoms with Crippen molar-refractivity contribution in [1.82, 2.24) is 0 Å². The highest BCUT2D eigenvalue weighted by molar-refractivity contribution is 5.95. The predicted molar refractivity (Wildman–Crippen MR) is 82.1 cm³/mol. The van der Waals surface area contributed by atoms with Crippen molar-refractivity contribution >= 4 is 17.3 Å². The molecule has 0 radical (unpaired) electrons. The maximum atomic E-state index is 13.0. The zero-order chi connectivity index (χ0) is 15.7. The number of carbonyl (C=O) groups excluding carboxylic acids is 3. The first-order chi connectivity index (χ1) is 10.4. The molecule has 3 heteroatoms. The van der Waals surface area contributed by atoms with Crippen molar-refractivity contribution in [3.05, 3.63) is 0 Å². The first-order valence-electron chi connectivity index (χ1n) is 8.94. The van der Waals surface area contributed by atoms with Crippen LogP contribution in [0.15, 0.2) is 0 Å². The first kappa shape index (κ1) is 14.6. The number of hydrogen-bond donors (Lipinski definition) is 0. The highest BCUT2D eigenvalue weighted by Crippen LogP contribution is 2.64. The molecule has 4 aliphatic carbocycles. The van der Waals surface area contributed by atoms with Gasteiger partial charge < -0.3 is 0 Å². The molecule has 0 saturated heterocycles. The Bertz CT molecular complexity index is 565. The summed E-state index contributed by atoms with van der Waals surface area (Å²) in [4.78, 5) is 37.2. The summed E-state index contributed by atoms with van der Waals surface area (Å²) >= 11 is 0. The standard InChI is InChI=1S/C19H26O3/c1-18-8-7-12(20)9-11(18)3-4-13-14-5-6-16(22)19(14,2)10-15(21)17(13)18/h11,13-14,17H,3-10H2,1-2H3/t11-,13+,14+,17-,18+,19-/m0/s1. The van der Waals surface area contributed by atoms with Gasteiger partial charge in [0.25, 0.3) is 0 Å². The van der Waals surface area contributed by atoms with Gasteiger partial charge in [-0.2, -0.15) is 0 Å². The summed E-state index contributed by atoms with van der Waals surface area (Å²) in [5.74, 6) is 2.29. The fraction of sp³-hybridized carbons (Fsp3) is 0.842. The summed E-state index contributed by atoms with van der Waals surface area (Å²) in [5.41, 5.74) is -0.382. The summed E-state index contributed by atoms with van der Waals surface area (Å²) in [7, 11) is 0. The molecular weight excluding hydrogens is 276 g/mol. The van der Waals surface area contributed by atoms with Crippen LogP contribution in [-0.4, -0.2) is 17.3 Å². The van der Waals surface area contributed by atoms with Crippen molar-refractivity contribution in [3.63, 3.8) is 0 Å². The fourth-order valence-electron chi connectivity index (χ4n) is 6.64. The van der Waals surface area contributed by atoms with E-state index in [1.165, 1.54) is 0 Å². The van der Waals surface area contributed by atoms with Gasteiger partial charge in [-0.1, -0.05) is 13.8 Å². The number of carbonyl (C=O) groups is 3. The SMILES string of the molecule is C[C@@]12CCC(=O)C[C@@H]1CC[C@H]1[C@H]2C(=O)C[C@]2(C)C(=O)CC[C@H]12. The normalized spacial score (nSPS) is 51.3. The third-order valence-electron chi connectivity index (χ3n) is 7.88. The minimum Gasteiger partial charge on any atom is -0.300 e. The summed E-state index contributed by atoms with van der Waals surface area (Å²) < 4.78 is 0. The molecule has 4 aliphatic rings. The largest absolute Gasteiger partial charge is 0.300 e. The third-order valence-corrected chi connectivity index (χ3v) is 7.88. The Kier molecular flexibility index (Phi) is 3.00. The minimum absolute atomic E-state index is 0.000871. The smallest absolute Gasteiger partial charge is 0.139 e. The van der Waals surface area contributed by atoms with Crippen molar-refractivity contribution in [1.29, 1.82) is 0 Å². The van der Waals surface area contributed by atoms with Gasteiger partial charge in [-0.25, -0.2) is 0 Å². The van der Waals surface area contributed by atoms with E-state index in [9.17, 15) is 14.4 Å². The Balaban J connectivity index is 1.72. The Morgan fingerprint density at radius 2 is 1.77 bits per heavy atom. The number of fused-ring (bicyclic) bond motifs is 5. The lowest BCUT2D eigenvalue weighted by Gasteiger charge is -2.58. The predicted octanol–water partition coefficient (Wildman–Crippen LogP) is 3.35. The molecule has 4 saturated carbocycles. The van der Waals surface area contributed by atoms with Gasteiger partial charge in [0.1, 0.15) is 17.3 Å². The molecule has 120 valence electrons. The quantitative estimate of drug-likeness (QED) is 0.689. The van der Waals surface area contributed by atoms with Crippen LogP contribution in [0.1, 0.15) is 65.2 Å². The molecule has 0 bridgehead atoms. The number of hydrogen-bond acceptors (Lipinski definition) is 3. The van der Waals surface area contributed by atoms with Crippen LogP contribution in [0.3, 0.4) is 0 Å². The lowest BCUT2D eigenvalue weighted by molar-refractivity contribution is -0.161. The van der Waals surface area contributed by atoms with Crippen LogP contribution in [0.25, 0.3) is 0 Å². The molecule has 0 N–H and O–H groups in total. The summed E-state index contributed by atoms with van der Waals surface area (Å²) in [6.45, 7) is 4.30. The van der Waals surface area contributed by atoms with Crippen molar-refractivity contribution in [2.45, 2.75) is 65.2 Å². The second kappa shape index (κ2) is 4.52. The van der Waals surface area contributed by atoms with Crippen molar-refractivity contribution in [2.75, 3.05) is 0 Å². The van der Waals surface area contributed by atoms with E-state index in [-0.39, 0.29) is 16.7 Å². The highest BCUT2D eigenvalue weighted by Gasteiger charge is 2.63. The average molecular weight is 302 g/mol. The molecule has 0 aromatic heterocycles. The van der Waals surface area contributed by atoms with E-state index in [2.05, 4.69) is 6.92 Å². The monoisotopic (exact) mass is 302 g/mol. The van der Waals surface area contributed by atoms with Crippen LogP contribution >= 0.6 is 0 Å². The molecule has 0 spiro atoms. The Labute approximate surface area is 132 Å². The molecule has 22 heavy (non-hydrogen) atoms. The summed E-state index contributed by atoms with van der Waals surface area (Å²) in [5, 5.41) is 0. The van der Waals surface area contributed by atoms with Gasteiger partial charge in [-0.3, -0.25) is 14.4 Å². The maximum Gasteiger partial charge on any atom is 0.139 e. The third kappa shape index (κ3) is 1.71. The van der Waals surface area contributed by atoms with Gasteiger partial charge in [0.2, 0.25) is 0 Å². The molecule has 0 amide bonds. The van der Waals surface area contributed by atoms with E-state index in [0.29, 0.717) is 60.8 Å². The number of ketones is 3. The van der Waals surface area contributed by atoms with Gasteiger partial charge in [0.15, 0.2) is 0 Å². The van der Waals surface area contributed by atoms with Crippen molar-refractivity contribution in [2.24, 2.45) is 34.5 Å². The molecule has 0 aromatic carbocycles. The molecule has 0 unspecified atom stereocenters. The van der Waals surface area contributed by atoms with Crippen molar-refractivity contribution < 1.29 is 14.4 Å². The lowest BCUT2D eigenvalue weighted by Crippen LogP contribution is -2.57. The van der Waals surface area contributed by atoms with E-state index >= 15 is 0 Å². The summed E-state index contributed by atoms with van der Waals surface area (Å²) in [6.07, 6.45) is 6.39. The first-order valence-corrected chi connectivity index (χ1v) is 8.94. The Hall–Kier alpha value is -0.990. The second-order valence-electron chi connectivity index (χ2n) is 8.79. The second-order valence-corrected chi connectivity index (χ2v) is 8.79. The van der Waals surface area contributed by atoms with Crippen LogP contribution in [0.5, 0.6) is 0 Å². The lowest BCUT2D eigenvalue weighted by atomic mass is 9.45. The Morgan fingerprint density at radius 1 is 1.00 bits per heavy atom. The molecular formula is C19H26O3. The van der Waals surface area contributed by atoms with Gasteiger partial charge in [0, 0.05) is 37.0 Å². The van der Waals surface area contributed by atoms with E-state index in [4.69, 9.17) is 0 Å². The van der Waals surface area contributed by atoms with Gasteiger partial charge >= 0.3 is 0 Å². The van der Waals surface area contributed by atoms with Gasteiger partial charge in [-0.05, 0) is 48.9 Å². The zero-order valence-corrected chi connectivity index (χ0v) is 13.7. The summed E-state index contributed by atoms with van der Waals surface area (Å²) in [6, 6.07) is 0. The van der Waals surface area contributed by atoms with Crippen LogP contribution in [-0.2, 0) is 14.4 Å². The molecule has 0 aliphatic heterocycles. The highest BCUT2D eigenvalue weighted by atomic mass is 16.1. The van der Waals surface area contributed by atoms with Gasteiger partial charge in [0.05, 0.1) is 0 Å². The van der Waals surface area contributed by atoms with E-state index in [1.54, 1.807) is 0 Å². The van der Waals surface area contributed by atoms with E-state index in [1.807, 2.05) is 6.92 Å². The Morgan fingerprint density at radius 3 is 2.55 bits per heavy atom. The van der Waals surface area contributed by atoms with Gasteiger partial charge in [-0.15, -0.1) is 0 Å². The molecule has 3 nitrogen and oxygen atoms in total. The van der Waals surface area contributed by atoms with Crippen LogP contribution in [0.4, 0.5) is 0 Å². The van der Waals surface area contributed by atoms with Crippen LogP contribution in [0, 0.1) is 34.5 Å². The van der Waals surface area contributed by atoms with E-state index in [0.717, 1.165) is 25.7 Å². The molecule has 6 atom stereocenters. The molecule has 4 rings (SSSR count). The van der Waals surface area contributed by atoms with Crippen molar-refractivity contribution in [3.8, 4) is 0 Å². The number of Topliss-reactive ketones (excluding diaryl/α,β-unsaturated/α-hetero) is 3. The molecule has 0 heterocycles. The van der Waals surface area contributed by atoms with E-state index < -0.39 is 0 Å². The molecule has 4 fully saturated rings. The topological polar surface area (TPSA) is 51.2 Å². The fourth-order valence-corrected chi connectivity index (χ4v) is 6.64. The van der Waals surface area contributed by atoms with Crippen LogP contribution < -0.4 is 0 Å². The molecule has 0 aromatic rings. The average Bonchev–Trinajstić information content (AvgIpc) is 2.75. The zero-order valence-electron chi connectivity index (χ0n) is 13.7. The van der Waals surface area contributed by atoms with Crippen LogP contribution in [0.2, 0.25) is 0 Å². The number of rotatable bonds is 0. The maximum absolute atomic E-state index is 13.0.